The number of carbonyl (C=O) groups excluding carboxylic acids is 2. The summed E-state index contributed by atoms with van der Waals surface area (Å²) in [6.07, 6.45) is -0.140. The van der Waals surface area contributed by atoms with Crippen LogP contribution in [0.4, 0.5) is 0 Å². The highest BCUT2D eigenvalue weighted by Crippen LogP contribution is 2.59. The van der Waals surface area contributed by atoms with Crippen LogP contribution in [0, 0.1) is 11.3 Å². The van der Waals surface area contributed by atoms with Crippen LogP contribution in [0.2, 0.25) is 0 Å². The van der Waals surface area contributed by atoms with Crippen LogP contribution in [0.3, 0.4) is 0 Å². The number of rotatable bonds is 9. The number of carboxylic acids is 1. The van der Waals surface area contributed by atoms with Crippen LogP contribution in [0.25, 0.3) is 0 Å². The molecule has 0 radical (unpaired) electrons. The predicted octanol–water partition coefficient (Wildman–Crippen LogP) is -1.92. The molecular weight excluding hydrogens is 364 g/mol. The number of aliphatic imine (C=N–C) groups is 1. The third kappa shape index (κ3) is 2.85. The number of hydrogen-bond donors (Lipinski definition) is 5. The first-order chi connectivity index (χ1) is 12.3. The standard InChI is InChI=1S/C15H22N4O6S/c1-7(21)8-10-15(2-4-20,14(17)25)11(26-5-3-18-6-16)9(13(23)24)19(10)12(8)22/h6-8,10,20-21H,2-5H2,1H3,(H2,16,18)(H2,17,25)(H,23,24). The Morgan fingerprint density at radius 3 is 2.62 bits per heavy atom. The molecule has 26 heavy (non-hydrogen) atoms. The molecule has 0 aromatic heterocycles. The monoisotopic (exact) mass is 386 g/mol. The number of aliphatic hydroxyl groups excluding tert-OH is 2. The average molecular weight is 386 g/mol. The molecule has 7 N–H and O–H groups in total. The Bertz CT molecular complexity index is 679. The molecule has 2 rings (SSSR count). The van der Waals surface area contributed by atoms with Gasteiger partial charge in [-0.15, -0.1) is 11.8 Å². The van der Waals surface area contributed by atoms with Crippen molar-refractivity contribution in [3.05, 3.63) is 10.6 Å². The normalized spacial score (nSPS) is 29.0. The molecule has 0 aromatic carbocycles. The Morgan fingerprint density at radius 2 is 2.15 bits per heavy atom. The van der Waals surface area contributed by atoms with Gasteiger partial charge < -0.3 is 26.8 Å². The van der Waals surface area contributed by atoms with Crippen molar-refractivity contribution in [2.75, 3.05) is 18.9 Å². The molecule has 4 atom stereocenters. The molecule has 1 saturated heterocycles. The van der Waals surface area contributed by atoms with Crippen LogP contribution >= 0.6 is 11.8 Å². The number of β-lactam (4-membered cyclic amide) rings is 1. The Hall–Kier alpha value is -2.11. The molecule has 0 bridgehead atoms. The summed E-state index contributed by atoms with van der Waals surface area (Å²) >= 11 is 1.04. The second-order valence-corrected chi connectivity index (χ2v) is 7.22. The zero-order chi connectivity index (χ0) is 19.6. The van der Waals surface area contributed by atoms with Gasteiger partial charge in [0.25, 0.3) is 0 Å². The zero-order valence-corrected chi connectivity index (χ0v) is 15.0. The number of thioether (sulfide) groups is 1. The van der Waals surface area contributed by atoms with Crippen LogP contribution in [0.5, 0.6) is 0 Å². The van der Waals surface area contributed by atoms with E-state index in [0.717, 1.165) is 23.0 Å². The zero-order valence-electron chi connectivity index (χ0n) is 14.2. The summed E-state index contributed by atoms with van der Waals surface area (Å²) in [5, 5.41) is 29.1. The fourth-order valence-corrected chi connectivity index (χ4v) is 5.01. The molecule has 10 nitrogen and oxygen atoms in total. The Kier molecular flexibility index (Phi) is 5.94. The summed E-state index contributed by atoms with van der Waals surface area (Å²) in [7, 11) is 0. The molecule has 4 unspecified atom stereocenters. The van der Waals surface area contributed by atoms with Crippen molar-refractivity contribution < 1.29 is 29.7 Å². The van der Waals surface area contributed by atoms with E-state index in [1.807, 2.05) is 0 Å². The smallest absolute Gasteiger partial charge is 0.353 e. The van der Waals surface area contributed by atoms with Gasteiger partial charge in [-0.1, -0.05) is 0 Å². The molecule has 2 heterocycles. The second-order valence-electron chi connectivity index (χ2n) is 6.12. The molecule has 2 amide bonds. The van der Waals surface area contributed by atoms with Crippen molar-refractivity contribution in [1.29, 1.82) is 0 Å². The lowest BCUT2D eigenvalue weighted by molar-refractivity contribution is -0.169. The number of aliphatic carboxylic acids is 1. The van der Waals surface area contributed by atoms with Crippen molar-refractivity contribution in [2.24, 2.45) is 27.8 Å². The van der Waals surface area contributed by atoms with Gasteiger partial charge in [0.05, 0.1) is 30.9 Å². The van der Waals surface area contributed by atoms with Crippen molar-refractivity contribution in [3.63, 3.8) is 0 Å². The van der Waals surface area contributed by atoms with Crippen molar-refractivity contribution in [1.82, 2.24) is 4.90 Å². The molecule has 0 saturated carbocycles. The van der Waals surface area contributed by atoms with E-state index >= 15 is 0 Å². The third-order valence-electron chi connectivity index (χ3n) is 4.75. The first-order valence-electron chi connectivity index (χ1n) is 7.98. The van der Waals surface area contributed by atoms with Gasteiger partial charge in [0, 0.05) is 17.3 Å². The quantitative estimate of drug-likeness (QED) is 0.132. The van der Waals surface area contributed by atoms with E-state index in [0.29, 0.717) is 5.75 Å². The maximum atomic E-state index is 12.4. The number of amides is 2. The highest BCUT2D eigenvalue weighted by molar-refractivity contribution is 8.03. The van der Waals surface area contributed by atoms with Crippen LogP contribution in [0.1, 0.15) is 13.3 Å². The number of aliphatic hydroxyl groups is 2. The van der Waals surface area contributed by atoms with E-state index in [-0.39, 0.29) is 23.6 Å². The van der Waals surface area contributed by atoms with Crippen LogP contribution in [-0.2, 0) is 14.4 Å². The maximum Gasteiger partial charge on any atom is 0.353 e. The molecule has 11 heteroatoms. The number of hydrogen-bond acceptors (Lipinski definition) is 7. The number of carboxylic acid groups (broad SMARTS) is 1. The van der Waals surface area contributed by atoms with Gasteiger partial charge in [-0.25, -0.2) is 4.79 Å². The first kappa shape index (κ1) is 20.2. The van der Waals surface area contributed by atoms with E-state index < -0.39 is 47.9 Å². The summed E-state index contributed by atoms with van der Waals surface area (Å²) in [5.41, 5.74) is 8.91. The third-order valence-corrected chi connectivity index (χ3v) is 5.98. The maximum absolute atomic E-state index is 12.4. The van der Waals surface area contributed by atoms with Gasteiger partial charge >= 0.3 is 5.97 Å². The Morgan fingerprint density at radius 1 is 1.50 bits per heavy atom. The van der Waals surface area contributed by atoms with Gasteiger partial charge in [-0.05, 0) is 13.3 Å². The average Bonchev–Trinajstić information content (AvgIpc) is 2.79. The molecule has 1 fully saturated rings. The Balaban J connectivity index is 2.58. The number of carbonyl (C=O) groups is 3. The summed E-state index contributed by atoms with van der Waals surface area (Å²) in [6.45, 7) is 1.22. The van der Waals surface area contributed by atoms with Gasteiger partial charge in [-0.2, -0.15) is 0 Å². The van der Waals surface area contributed by atoms with Crippen molar-refractivity contribution in [3.8, 4) is 0 Å². The number of fused-ring (bicyclic) bond motifs is 1. The largest absolute Gasteiger partial charge is 0.477 e. The van der Waals surface area contributed by atoms with E-state index in [1.165, 1.54) is 6.92 Å². The highest BCUT2D eigenvalue weighted by atomic mass is 32.2. The lowest BCUT2D eigenvalue weighted by Crippen LogP contribution is -2.68. The summed E-state index contributed by atoms with van der Waals surface area (Å²) < 4.78 is 0. The SMILES string of the molecule is CC(O)C1C(=O)N2C(C(=O)O)=C(SCCN=CN)C(CCO)(C(N)=O)C12. The summed E-state index contributed by atoms with van der Waals surface area (Å²) in [4.78, 5) is 41.7. The highest BCUT2D eigenvalue weighted by Gasteiger charge is 2.69. The van der Waals surface area contributed by atoms with Gasteiger partial charge in [0.2, 0.25) is 11.8 Å². The van der Waals surface area contributed by atoms with E-state index in [1.54, 1.807) is 0 Å². The van der Waals surface area contributed by atoms with Crippen molar-refractivity contribution in [2.45, 2.75) is 25.5 Å². The van der Waals surface area contributed by atoms with E-state index in [2.05, 4.69) is 4.99 Å². The summed E-state index contributed by atoms with van der Waals surface area (Å²) in [5.74, 6) is -3.47. The number of nitrogens with zero attached hydrogens (tertiary/aromatic N) is 2. The first-order valence-corrected chi connectivity index (χ1v) is 8.97. The molecule has 0 aromatic rings. The van der Waals surface area contributed by atoms with E-state index in [4.69, 9.17) is 11.5 Å². The fourth-order valence-electron chi connectivity index (χ4n) is 3.70. The van der Waals surface area contributed by atoms with Crippen LogP contribution < -0.4 is 11.5 Å². The molecule has 0 spiro atoms. The van der Waals surface area contributed by atoms with Crippen molar-refractivity contribution >= 4 is 35.9 Å². The molecule has 2 aliphatic rings. The van der Waals surface area contributed by atoms with Crippen LogP contribution in [0.15, 0.2) is 15.6 Å². The fraction of sp³-hybridized carbons (Fsp3) is 0.600. The minimum absolute atomic E-state index is 0.111. The molecule has 0 aliphatic carbocycles. The number of nitrogens with two attached hydrogens (primary N) is 2. The van der Waals surface area contributed by atoms with E-state index in [9.17, 15) is 29.7 Å². The molecule has 2 aliphatic heterocycles. The summed E-state index contributed by atoms with van der Waals surface area (Å²) in [6, 6.07) is -0.939. The molecular formula is C15H22N4O6S. The minimum atomic E-state index is -1.57. The van der Waals surface area contributed by atoms with Gasteiger partial charge in [-0.3, -0.25) is 19.5 Å². The van der Waals surface area contributed by atoms with Crippen LogP contribution in [-0.4, -0.2) is 75.4 Å². The number of primary amides is 1. The Labute approximate surface area is 153 Å². The lowest BCUT2D eigenvalue weighted by Gasteiger charge is -2.50. The topological polar surface area (TPSA) is 180 Å². The lowest BCUT2D eigenvalue weighted by atomic mass is 9.67. The minimum Gasteiger partial charge on any atom is -0.477 e. The molecule has 144 valence electrons. The van der Waals surface area contributed by atoms with Gasteiger partial charge in [0.1, 0.15) is 11.1 Å². The second kappa shape index (κ2) is 7.64. The predicted molar refractivity (Wildman–Crippen MR) is 93.8 cm³/mol. The van der Waals surface area contributed by atoms with Gasteiger partial charge in [0.15, 0.2) is 0 Å².